The molecule has 10 nitrogen and oxygen atoms in total. The molecular weight excluding hydrogens is 865 g/mol. The van der Waals surface area contributed by atoms with Crippen LogP contribution in [-0.2, 0) is 28.7 Å². The molecule has 1 saturated heterocycles. The van der Waals surface area contributed by atoms with E-state index in [1.54, 1.807) is 0 Å². The van der Waals surface area contributed by atoms with Gasteiger partial charge in [-0.15, -0.1) is 0 Å². The van der Waals surface area contributed by atoms with E-state index in [1.807, 2.05) is 0 Å². The molecule has 0 aliphatic carbocycles. The molecule has 392 valence electrons. The Morgan fingerprint density at radius 2 is 0.687 bits per heavy atom. The lowest BCUT2D eigenvalue weighted by Crippen LogP contribution is -2.87. The van der Waals surface area contributed by atoms with Crippen molar-refractivity contribution in [1.29, 1.82) is 0 Å². The summed E-state index contributed by atoms with van der Waals surface area (Å²) in [5.41, 5.74) is -12.2. The van der Waals surface area contributed by atoms with Gasteiger partial charge in [-0.05, 0) is 25.7 Å². The predicted molar refractivity (Wildman–Crippen MR) is 275 cm³/mol. The lowest BCUT2D eigenvalue weighted by atomic mass is 9.58. The molecule has 0 aromatic rings. The zero-order valence-corrected chi connectivity index (χ0v) is 44.5. The zero-order chi connectivity index (χ0) is 49.8. The average molecular weight is 967 g/mol. The molecule has 4 N–H and O–H groups in total. The molecule has 1 heterocycles. The first-order valence-corrected chi connectivity index (χ1v) is 28.9. The first kappa shape index (κ1) is 63.5. The first-order chi connectivity index (χ1) is 32.2. The van der Waals surface area contributed by atoms with E-state index in [1.165, 1.54) is 58.3 Å². The summed E-state index contributed by atoms with van der Waals surface area (Å²) in [7, 11) is 0. The Kier molecular flexibility index (Phi) is 36.2. The van der Waals surface area contributed by atoms with Gasteiger partial charge in [-0.3, -0.25) is 24.0 Å². The van der Waals surface area contributed by atoms with Crippen LogP contribution in [-0.4, -0.2) is 83.1 Å². The number of Topliss-reactive ketones (excluding diaryl/α,β-unsaturated/α-hetero) is 4. The summed E-state index contributed by atoms with van der Waals surface area (Å²) in [6.07, 6.45) is 28.3. The lowest BCUT2D eigenvalue weighted by molar-refractivity contribution is -0.313. The molecule has 6 atom stereocenters. The fourth-order valence-corrected chi connectivity index (χ4v) is 10.9. The lowest BCUT2D eigenvalue weighted by Gasteiger charge is -2.58. The molecular formula is C56H102O10S. The van der Waals surface area contributed by atoms with Gasteiger partial charge >= 0.3 is 0 Å². The smallest absolute Gasteiger partial charge is 0.201 e. The van der Waals surface area contributed by atoms with Gasteiger partial charge in [0.2, 0.25) is 5.60 Å². The average Bonchev–Trinajstić information content (AvgIpc) is 3.31. The Hall–Kier alpha value is -1.50. The van der Waals surface area contributed by atoms with E-state index in [-0.39, 0.29) is 38.5 Å². The van der Waals surface area contributed by atoms with Gasteiger partial charge in [0, 0.05) is 32.6 Å². The Labute approximate surface area is 413 Å². The van der Waals surface area contributed by atoms with Crippen LogP contribution < -0.4 is 0 Å². The van der Waals surface area contributed by atoms with Crippen LogP contribution in [0.5, 0.6) is 0 Å². The van der Waals surface area contributed by atoms with Gasteiger partial charge in [0.1, 0.15) is 17.6 Å². The number of ketones is 4. The highest BCUT2D eigenvalue weighted by Gasteiger charge is 2.80. The molecule has 1 unspecified atom stereocenters. The molecule has 0 spiro atoms. The number of rotatable bonds is 46. The van der Waals surface area contributed by atoms with Crippen LogP contribution >= 0.6 is 11.8 Å². The summed E-state index contributed by atoms with van der Waals surface area (Å²) >= 11 is 0.354. The molecule has 67 heavy (non-hydrogen) atoms. The Bertz CT molecular complexity index is 1340. The zero-order valence-electron chi connectivity index (χ0n) is 43.7. The van der Waals surface area contributed by atoms with Crippen molar-refractivity contribution in [3.05, 3.63) is 0 Å². The number of unbranched alkanes of at least 4 members (excludes halogenated alkanes) is 32. The maximum Gasteiger partial charge on any atom is 0.201 e. The number of hydrogen-bond donors (Lipinski definition) is 4. The third kappa shape index (κ3) is 22.2. The number of carbonyl (C=O) groups excluding carboxylic acids is 5. The van der Waals surface area contributed by atoms with E-state index >= 15 is 0 Å². The van der Waals surface area contributed by atoms with Crippen LogP contribution in [0.15, 0.2) is 0 Å². The summed E-state index contributed by atoms with van der Waals surface area (Å²) in [6.45, 7) is 9.86. The van der Waals surface area contributed by atoms with Crippen LogP contribution in [0.4, 0.5) is 0 Å². The van der Waals surface area contributed by atoms with Crippen molar-refractivity contribution in [2.45, 2.75) is 326 Å². The molecule has 1 fully saturated rings. The topological polar surface area (TPSA) is 176 Å². The van der Waals surface area contributed by atoms with Gasteiger partial charge in [-0.1, -0.05) is 245 Å². The molecule has 0 bridgehead atoms. The molecule has 0 amide bonds. The fourth-order valence-electron chi connectivity index (χ4n) is 9.96. The van der Waals surface area contributed by atoms with Crippen LogP contribution in [0, 0.1) is 0 Å². The van der Waals surface area contributed by atoms with Crippen LogP contribution in [0.2, 0.25) is 0 Å². The predicted octanol–water partition coefficient (Wildman–Crippen LogP) is 13.5. The van der Waals surface area contributed by atoms with Crippen molar-refractivity contribution in [2.75, 3.05) is 0 Å². The monoisotopic (exact) mass is 967 g/mol. The molecule has 0 aromatic carbocycles. The second-order valence-electron chi connectivity index (χ2n) is 20.2. The third-order valence-corrected chi connectivity index (χ3v) is 15.3. The molecule has 11 heteroatoms. The van der Waals surface area contributed by atoms with Gasteiger partial charge in [0.05, 0.1) is 0 Å². The van der Waals surface area contributed by atoms with Crippen molar-refractivity contribution in [3.8, 4) is 0 Å². The summed E-state index contributed by atoms with van der Waals surface area (Å²) in [6, 6.07) is 0. The maximum atomic E-state index is 14.9. The normalized spacial score (nSPS) is 22.2. The Morgan fingerprint density at radius 3 is 1.00 bits per heavy atom. The highest BCUT2D eigenvalue weighted by Crippen LogP contribution is 2.52. The van der Waals surface area contributed by atoms with E-state index < -0.39 is 62.7 Å². The minimum absolute atomic E-state index is 0.115. The number of thioether (sulfide) groups is 1. The standard InChI is InChI=1S/C56H102O10S/c1-6-10-14-18-22-26-30-34-38-42-47(58)51(62)52-54(63,48(59)43-39-35-31-27-23-19-15-11-7-2)56(65,50(61)45-41-37-33-29-25-21-17-13-9-4)55(64,53(66-52)67-46(5)57)49(60)44-40-36-32-28-24-20-16-12-8-3/h51-53,62-65H,6-45H2,1-5H3/t51?,52-,53+,54+,55+,56+/m1/s1. The van der Waals surface area contributed by atoms with E-state index in [0.717, 1.165) is 135 Å². The minimum atomic E-state index is -3.54. The number of aliphatic hydroxyl groups excluding tert-OH is 1. The van der Waals surface area contributed by atoms with Crippen LogP contribution in [0.1, 0.15) is 291 Å². The van der Waals surface area contributed by atoms with Gasteiger partial charge in [-0.2, -0.15) is 0 Å². The number of aliphatic hydroxyl groups is 4. The Morgan fingerprint density at radius 1 is 0.418 bits per heavy atom. The summed E-state index contributed by atoms with van der Waals surface area (Å²) in [5.74, 6) is -4.00. The quantitative estimate of drug-likeness (QED) is 0.0427. The summed E-state index contributed by atoms with van der Waals surface area (Å²) in [5, 5.41) is 50.6. The van der Waals surface area contributed by atoms with Crippen molar-refractivity contribution in [2.24, 2.45) is 0 Å². The van der Waals surface area contributed by atoms with Crippen molar-refractivity contribution >= 4 is 40.0 Å². The number of ether oxygens (including phenoxy) is 1. The second-order valence-corrected chi connectivity index (χ2v) is 21.5. The SMILES string of the molecule is CCCCCCCCCCCC(=O)C(O)[C@H]1O[C@@H](SC(C)=O)[C@@](O)(C(=O)CCCCCCCCCCC)[C@](O)(C(=O)CCCCCCCCCCC)[C@]1(O)C(=O)CCCCCCCCCCC. The number of hydrogen-bond acceptors (Lipinski definition) is 11. The molecule has 0 saturated carbocycles. The van der Waals surface area contributed by atoms with E-state index in [4.69, 9.17) is 4.74 Å². The van der Waals surface area contributed by atoms with E-state index in [0.29, 0.717) is 43.9 Å². The minimum Gasteiger partial charge on any atom is -0.382 e. The highest BCUT2D eigenvalue weighted by atomic mass is 32.2. The van der Waals surface area contributed by atoms with Crippen LogP contribution in [0.25, 0.3) is 0 Å². The largest absolute Gasteiger partial charge is 0.382 e. The first-order valence-electron chi connectivity index (χ1n) is 28.1. The molecule has 1 aliphatic heterocycles. The third-order valence-electron chi connectivity index (χ3n) is 14.3. The van der Waals surface area contributed by atoms with Crippen LogP contribution in [0.3, 0.4) is 0 Å². The Balaban J connectivity index is 3.63. The van der Waals surface area contributed by atoms with E-state index in [9.17, 15) is 44.4 Å². The van der Waals surface area contributed by atoms with Crippen molar-refractivity contribution in [1.82, 2.24) is 0 Å². The summed E-state index contributed by atoms with van der Waals surface area (Å²) < 4.78 is 6.19. The van der Waals surface area contributed by atoms with Gasteiger partial charge in [0.15, 0.2) is 39.5 Å². The van der Waals surface area contributed by atoms with Gasteiger partial charge < -0.3 is 25.2 Å². The van der Waals surface area contributed by atoms with Gasteiger partial charge in [0.25, 0.3) is 0 Å². The highest BCUT2D eigenvalue weighted by molar-refractivity contribution is 8.14. The van der Waals surface area contributed by atoms with Crippen molar-refractivity contribution < 1.29 is 49.1 Å². The van der Waals surface area contributed by atoms with Crippen molar-refractivity contribution in [3.63, 3.8) is 0 Å². The van der Waals surface area contributed by atoms with E-state index in [2.05, 4.69) is 27.7 Å². The molecule has 1 aliphatic rings. The second kappa shape index (κ2) is 38.2. The molecule has 0 radical (unpaired) electrons. The molecule has 0 aromatic heterocycles. The number of carbonyl (C=O) groups is 5. The molecule has 1 rings (SSSR count). The fraction of sp³-hybridized carbons (Fsp3) is 0.911. The summed E-state index contributed by atoms with van der Waals surface area (Å²) in [4.78, 5) is 71.3. The van der Waals surface area contributed by atoms with Gasteiger partial charge in [-0.25, -0.2) is 0 Å². The maximum absolute atomic E-state index is 14.9.